The maximum atomic E-state index is 7.40. The van der Waals surface area contributed by atoms with E-state index >= 15 is 0 Å². The Labute approximate surface area is 339 Å². The molecule has 0 bridgehead atoms. The molecule has 4 nitrogen and oxygen atoms in total. The summed E-state index contributed by atoms with van der Waals surface area (Å²) in [6.07, 6.45) is 2.51. The Morgan fingerprint density at radius 2 is 0.719 bits per heavy atom. The van der Waals surface area contributed by atoms with Crippen molar-refractivity contribution in [1.82, 2.24) is 0 Å². The molecule has 2 aliphatic rings. The highest BCUT2D eigenvalue weighted by Crippen LogP contribution is 2.51. The second-order valence-corrected chi connectivity index (χ2v) is 16.3. The smallest absolute Gasteiger partial charge is 0.200 e. The molecule has 288 valence electrons. The summed E-state index contributed by atoms with van der Waals surface area (Å²) in [6.45, 7) is 13.4. The topological polar surface area (TPSA) is 43.2 Å². The molecule has 4 heteroatoms. The fourth-order valence-electron chi connectivity index (χ4n) is 9.41. The predicted octanol–water partition coefficient (Wildman–Crippen LogP) is 12.9. The van der Waals surface area contributed by atoms with E-state index < -0.39 is 5.41 Å². The highest BCUT2D eigenvalue weighted by Gasteiger charge is 2.53. The molecule has 4 atom stereocenters. The van der Waals surface area contributed by atoms with Gasteiger partial charge in [0.25, 0.3) is 0 Å². The minimum atomic E-state index is -0.777. The van der Waals surface area contributed by atoms with Crippen LogP contribution in [0.15, 0.2) is 156 Å². The number of rotatable bonds is 12. The average molecular weight is 751 g/mol. The van der Waals surface area contributed by atoms with Gasteiger partial charge in [0.1, 0.15) is 17.5 Å². The Balaban J connectivity index is 1.34. The Kier molecular flexibility index (Phi) is 11.0. The first-order valence-corrected chi connectivity index (χ1v) is 20.5. The van der Waals surface area contributed by atoms with Crippen molar-refractivity contribution in [2.75, 3.05) is 0 Å². The number of aliphatic imine (C=N–C) groups is 2. The van der Waals surface area contributed by atoms with Gasteiger partial charge in [-0.1, -0.05) is 157 Å². The summed E-state index contributed by atoms with van der Waals surface area (Å²) in [5.74, 6) is 1.43. The van der Waals surface area contributed by atoms with E-state index in [1.54, 1.807) is 0 Å². The van der Waals surface area contributed by atoms with E-state index in [2.05, 4.69) is 187 Å². The second-order valence-electron chi connectivity index (χ2n) is 16.3. The Morgan fingerprint density at radius 1 is 0.421 bits per heavy atom. The van der Waals surface area contributed by atoms with Gasteiger partial charge >= 0.3 is 0 Å². The van der Waals surface area contributed by atoms with Gasteiger partial charge in [-0.15, -0.1) is 0 Å². The maximum absolute atomic E-state index is 7.40. The monoisotopic (exact) mass is 750 g/mol. The lowest BCUT2D eigenvalue weighted by molar-refractivity contribution is 0.149. The van der Waals surface area contributed by atoms with Gasteiger partial charge in [0.05, 0.1) is 0 Å². The van der Waals surface area contributed by atoms with Crippen molar-refractivity contribution in [3.05, 3.63) is 212 Å². The van der Waals surface area contributed by atoms with Crippen molar-refractivity contribution in [3.63, 3.8) is 0 Å². The van der Waals surface area contributed by atoms with Crippen molar-refractivity contribution in [1.29, 1.82) is 0 Å². The van der Waals surface area contributed by atoms with E-state index in [1.807, 2.05) is 0 Å². The lowest BCUT2D eigenvalue weighted by Gasteiger charge is -2.34. The molecule has 0 N–H and O–H groups in total. The quantitative estimate of drug-likeness (QED) is 0.125. The van der Waals surface area contributed by atoms with E-state index in [4.69, 9.17) is 19.5 Å². The highest BCUT2D eigenvalue weighted by atomic mass is 16.5. The molecule has 2 heterocycles. The van der Waals surface area contributed by atoms with Crippen LogP contribution < -0.4 is 0 Å². The number of hydrogen-bond donors (Lipinski definition) is 0. The minimum Gasteiger partial charge on any atom is -0.469 e. The molecule has 0 radical (unpaired) electrons. The summed E-state index contributed by atoms with van der Waals surface area (Å²) in [7, 11) is 0. The van der Waals surface area contributed by atoms with Crippen molar-refractivity contribution < 1.29 is 9.47 Å². The number of aryl methyl sites for hydroxylation is 6. The van der Waals surface area contributed by atoms with Crippen LogP contribution >= 0.6 is 0 Å². The van der Waals surface area contributed by atoms with Gasteiger partial charge in [0.2, 0.25) is 11.8 Å². The van der Waals surface area contributed by atoms with Crippen LogP contribution in [0.25, 0.3) is 0 Å². The molecule has 57 heavy (non-hydrogen) atoms. The zero-order chi connectivity index (χ0) is 39.5. The predicted molar refractivity (Wildman–Crippen MR) is 234 cm³/mol. The first kappa shape index (κ1) is 38.1. The third kappa shape index (κ3) is 7.83. The van der Waals surface area contributed by atoms with Crippen LogP contribution in [0, 0.1) is 47.0 Å². The van der Waals surface area contributed by atoms with Crippen LogP contribution in [0.1, 0.15) is 104 Å². The van der Waals surface area contributed by atoms with Crippen molar-refractivity contribution in [3.8, 4) is 0 Å². The fourth-order valence-corrected chi connectivity index (χ4v) is 9.41. The summed E-state index contributed by atoms with van der Waals surface area (Å²) in [5.41, 5.74) is 14.2. The summed E-state index contributed by atoms with van der Waals surface area (Å²) in [6, 6.07) is 51.2. The van der Waals surface area contributed by atoms with Crippen LogP contribution in [0.4, 0.5) is 0 Å². The largest absolute Gasteiger partial charge is 0.469 e. The third-order valence-corrected chi connectivity index (χ3v) is 12.2. The van der Waals surface area contributed by atoms with Crippen LogP contribution in [0.3, 0.4) is 0 Å². The normalized spacial score (nSPS) is 19.1. The molecule has 0 aromatic heterocycles. The van der Waals surface area contributed by atoms with Gasteiger partial charge in [0.15, 0.2) is 12.2 Å². The van der Waals surface area contributed by atoms with Crippen molar-refractivity contribution in [2.45, 2.75) is 91.5 Å². The molecule has 0 aliphatic carbocycles. The van der Waals surface area contributed by atoms with Crippen molar-refractivity contribution in [2.24, 2.45) is 15.4 Å². The SMILES string of the molecule is Cc1cc(C)c(CCC(CCc2c(C)cc(C)cc2C)(C2=N[C@H](c3ccccc3)[C@H](c3ccccc3)O2)C2=N[C@H](c3ccccc3)[C@H](c3ccccc3)O2)c(C)c1. The number of hydrogen-bond acceptors (Lipinski definition) is 4. The molecule has 0 unspecified atom stereocenters. The molecule has 0 spiro atoms. The maximum Gasteiger partial charge on any atom is 0.200 e. The Bertz CT molecular complexity index is 2170. The second kappa shape index (κ2) is 16.4. The first-order valence-electron chi connectivity index (χ1n) is 20.5. The highest BCUT2D eigenvalue weighted by molar-refractivity contribution is 6.06. The summed E-state index contributed by atoms with van der Waals surface area (Å²) in [4.78, 5) is 11.4. The molecule has 0 fully saturated rings. The molecule has 0 amide bonds. The average Bonchev–Trinajstić information content (AvgIpc) is 3.88. The van der Waals surface area contributed by atoms with Gasteiger partial charge < -0.3 is 9.47 Å². The summed E-state index contributed by atoms with van der Waals surface area (Å²) >= 11 is 0. The van der Waals surface area contributed by atoms with Gasteiger partial charge in [0, 0.05) is 0 Å². The molecule has 6 aromatic rings. The van der Waals surface area contributed by atoms with Gasteiger partial charge in [-0.25, -0.2) is 9.98 Å². The van der Waals surface area contributed by atoms with Crippen LogP contribution in [-0.2, 0) is 22.3 Å². The first-order chi connectivity index (χ1) is 27.7. The third-order valence-electron chi connectivity index (χ3n) is 12.2. The van der Waals surface area contributed by atoms with Crippen molar-refractivity contribution >= 4 is 11.8 Å². The van der Waals surface area contributed by atoms with Gasteiger partial charge in [-0.3, -0.25) is 0 Å². The lowest BCUT2D eigenvalue weighted by atomic mass is 9.75. The number of ether oxygens (including phenoxy) is 2. The molecule has 0 saturated heterocycles. The number of nitrogens with zero attached hydrogens (tertiary/aromatic N) is 2. The Hall–Kier alpha value is -5.74. The van der Waals surface area contributed by atoms with E-state index in [0.29, 0.717) is 11.8 Å². The zero-order valence-electron chi connectivity index (χ0n) is 34.2. The molecule has 2 aliphatic heterocycles. The lowest BCUT2D eigenvalue weighted by Crippen LogP contribution is -2.42. The molecular formula is C53H54N2O2. The van der Waals surface area contributed by atoms with E-state index in [0.717, 1.165) is 47.9 Å². The fraction of sp³-hybridized carbons (Fsp3) is 0.283. The minimum absolute atomic E-state index is 0.231. The molecular weight excluding hydrogens is 697 g/mol. The van der Waals surface area contributed by atoms with E-state index in [-0.39, 0.29) is 24.3 Å². The molecule has 6 aromatic carbocycles. The standard InChI is InChI=1S/C53H54N2O2/c1-35-31-37(3)45(38(4)32-35)27-29-53(30-28-46-39(5)33-36(2)34-40(46)6,51-54-47(41-19-11-7-12-20-41)49(56-51)43-23-15-9-16-24-43)52-55-48(42-21-13-8-14-22-42)50(57-52)44-25-17-10-18-26-44/h7-26,31-34,47-50H,27-30H2,1-6H3/t47-,48-,49+,50+/m1/s1. The van der Waals surface area contributed by atoms with Gasteiger partial charge in [-0.05, 0) is 123 Å². The summed E-state index contributed by atoms with van der Waals surface area (Å²) in [5, 5.41) is 0. The molecule has 0 saturated carbocycles. The number of benzene rings is 6. The van der Waals surface area contributed by atoms with Crippen LogP contribution in [0.5, 0.6) is 0 Å². The van der Waals surface area contributed by atoms with E-state index in [1.165, 1.54) is 44.5 Å². The van der Waals surface area contributed by atoms with Gasteiger partial charge in [-0.2, -0.15) is 0 Å². The van der Waals surface area contributed by atoms with Crippen LogP contribution in [0.2, 0.25) is 0 Å². The Morgan fingerprint density at radius 3 is 1.04 bits per heavy atom. The zero-order valence-corrected chi connectivity index (χ0v) is 34.2. The van der Waals surface area contributed by atoms with E-state index in [9.17, 15) is 0 Å². The van der Waals surface area contributed by atoms with Crippen LogP contribution in [-0.4, -0.2) is 11.8 Å². The molecule has 8 rings (SSSR count). The summed E-state index contributed by atoms with van der Waals surface area (Å²) < 4.78 is 14.8.